The summed E-state index contributed by atoms with van der Waals surface area (Å²) in [5.41, 5.74) is 1.84. The number of hydrogen-bond acceptors (Lipinski definition) is 5. The van der Waals surface area contributed by atoms with Gasteiger partial charge in [0.25, 0.3) is 0 Å². The van der Waals surface area contributed by atoms with E-state index in [-0.39, 0.29) is 16.8 Å². The summed E-state index contributed by atoms with van der Waals surface area (Å²) in [6, 6.07) is 9.75. The van der Waals surface area contributed by atoms with Crippen LogP contribution in [0.3, 0.4) is 0 Å². The predicted molar refractivity (Wildman–Crippen MR) is 79.3 cm³/mol. The Balaban J connectivity index is 1.98. The predicted octanol–water partition coefficient (Wildman–Crippen LogP) is 3.03. The van der Waals surface area contributed by atoms with Crippen molar-refractivity contribution >= 4 is 39.3 Å². The Kier molecular flexibility index (Phi) is 4.70. The maximum Gasteiger partial charge on any atom is 0.236 e. The van der Waals surface area contributed by atoms with Crippen LogP contribution in [0.15, 0.2) is 35.7 Å². The first kappa shape index (κ1) is 13.8. The molecule has 1 aromatic carbocycles. The highest BCUT2D eigenvalue weighted by Crippen LogP contribution is 2.24. The van der Waals surface area contributed by atoms with Gasteiger partial charge in [0.2, 0.25) is 5.91 Å². The Morgan fingerprint density at radius 1 is 1.32 bits per heavy atom. The number of rotatable bonds is 4. The molecule has 19 heavy (non-hydrogen) atoms. The SMILES string of the molecule is CC(=O)SCC(=O)Nc1nc(-c2ccccc2)cs1. The van der Waals surface area contributed by atoms with Crippen LogP contribution in [0.1, 0.15) is 6.92 Å². The molecule has 4 nitrogen and oxygen atoms in total. The lowest BCUT2D eigenvalue weighted by Crippen LogP contribution is -2.14. The van der Waals surface area contributed by atoms with E-state index in [0.717, 1.165) is 23.0 Å². The Hall–Kier alpha value is -1.66. The molecular weight excluding hydrogens is 280 g/mol. The van der Waals surface area contributed by atoms with Crippen LogP contribution in [0.5, 0.6) is 0 Å². The van der Waals surface area contributed by atoms with Crippen molar-refractivity contribution in [2.75, 3.05) is 11.1 Å². The fourth-order valence-electron chi connectivity index (χ4n) is 1.40. The second-order valence-corrected chi connectivity index (χ2v) is 5.74. The van der Waals surface area contributed by atoms with Gasteiger partial charge in [-0.15, -0.1) is 11.3 Å². The van der Waals surface area contributed by atoms with Gasteiger partial charge >= 0.3 is 0 Å². The minimum absolute atomic E-state index is 0.0701. The summed E-state index contributed by atoms with van der Waals surface area (Å²) in [5.74, 6) is -0.0931. The molecule has 0 radical (unpaired) electrons. The minimum Gasteiger partial charge on any atom is -0.301 e. The molecule has 0 aliphatic heterocycles. The third kappa shape index (κ3) is 4.18. The van der Waals surface area contributed by atoms with Gasteiger partial charge in [0, 0.05) is 17.9 Å². The van der Waals surface area contributed by atoms with Gasteiger partial charge in [-0.1, -0.05) is 42.1 Å². The van der Waals surface area contributed by atoms with Gasteiger partial charge < -0.3 is 5.32 Å². The summed E-state index contributed by atoms with van der Waals surface area (Å²) in [7, 11) is 0. The molecule has 2 rings (SSSR count). The van der Waals surface area contributed by atoms with Crippen molar-refractivity contribution in [3.8, 4) is 11.3 Å². The number of amides is 1. The van der Waals surface area contributed by atoms with Crippen LogP contribution >= 0.6 is 23.1 Å². The molecule has 0 bridgehead atoms. The molecule has 1 amide bonds. The number of aromatic nitrogens is 1. The van der Waals surface area contributed by atoms with Crippen LogP contribution in [0.4, 0.5) is 5.13 Å². The molecule has 0 saturated carbocycles. The third-order valence-corrected chi connectivity index (χ3v) is 3.80. The molecule has 6 heteroatoms. The second-order valence-electron chi connectivity index (χ2n) is 3.73. The van der Waals surface area contributed by atoms with Crippen LogP contribution in [0.2, 0.25) is 0 Å². The minimum atomic E-state index is -0.214. The summed E-state index contributed by atoms with van der Waals surface area (Å²) in [6.45, 7) is 1.44. The summed E-state index contributed by atoms with van der Waals surface area (Å²) in [5, 5.41) is 5.05. The molecule has 0 aliphatic carbocycles. The summed E-state index contributed by atoms with van der Waals surface area (Å²) >= 11 is 2.36. The van der Waals surface area contributed by atoms with Crippen molar-refractivity contribution in [2.45, 2.75) is 6.92 Å². The first-order valence-corrected chi connectivity index (χ1v) is 7.46. The molecule has 1 aromatic heterocycles. The number of thioether (sulfide) groups is 1. The lowest BCUT2D eigenvalue weighted by Gasteiger charge is -1.99. The molecule has 0 fully saturated rings. The lowest BCUT2D eigenvalue weighted by atomic mass is 10.2. The van der Waals surface area contributed by atoms with Crippen LogP contribution < -0.4 is 5.32 Å². The fraction of sp³-hybridized carbons (Fsp3) is 0.154. The Bertz CT molecular complexity index is 581. The first-order valence-electron chi connectivity index (χ1n) is 5.59. The number of hydrogen-bond donors (Lipinski definition) is 1. The van der Waals surface area contributed by atoms with Crippen molar-refractivity contribution in [1.82, 2.24) is 4.98 Å². The highest BCUT2D eigenvalue weighted by atomic mass is 32.2. The van der Waals surface area contributed by atoms with Crippen molar-refractivity contribution in [3.63, 3.8) is 0 Å². The van der Waals surface area contributed by atoms with Crippen molar-refractivity contribution in [1.29, 1.82) is 0 Å². The van der Waals surface area contributed by atoms with Gasteiger partial charge in [-0.05, 0) is 0 Å². The quantitative estimate of drug-likeness (QED) is 0.941. The number of nitrogens with zero attached hydrogens (tertiary/aromatic N) is 1. The zero-order chi connectivity index (χ0) is 13.7. The normalized spacial score (nSPS) is 10.2. The zero-order valence-electron chi connectivity index (χ0n) is 10.3. The molecule has 1 N–H and O–H groups in total. The second kappa shape index (κ2) is 6.49. The van der Waals surface area contributed by atoms with Crippen LogP contribution in [-0.4, -0.2) is 21.8 Å². The summed E-state index contributed by atoms with van der Waals surface area (Å²) in [6.07, 6.45) is 0. The molecule has 98 valence electrons. The van der Waals surface area contributed by atoms with Gasteiger partial charge in [0.05, 0.1) is 11.4 Å². The number of carbonyl (C=O) groups excluding carboxylic acids is 2. The van der Waals surface area contributed by atoms with Crippen molar-refractivity contribution < 1.29 is 9.59 Å². The average Bonchev–Trinajstić information content (AvgIpc) is 2.86. The lowest BCUT2D eigenvalue weighted by molar-refractivity contribution is -0.114. The molecular formula is C13H12N2O2S2. The summed E-state index contributed by atoms with van der Waals surface area (Å²) in [4.78, 5) is 26.6. The standard InChI is InChI=1S/C13H12N2O2S2/c1-9(16)18-8-12(17)15-13-14-11(7-19-13)10-5-3-2-4-6-10/h2-7H,8H2,1H3,(H,14,15,17). The van der Waals surface area contributed by atoms with E-state index in [1.807, 2.05) is 35.7 Å². The maximum atomic E-state index is 11.5. The smallest absolute Gasteiger partial charge is 0.236 e. The van der Waals surface area contributed by atoms with Gasteiger partial charge in [0.15, 0.2) is 10.2 Å². The van der Waals surface area contributed by atoms with E-state index in [9.17, 15) is 9.59 Å². The first-order chi connectivity index (χ1) is 9.15. The van der Waals surface area contributed by atoms with Crippen LogP contribution in [0.25, 0.3) is 11.3 Å². The monoisotopic (exact) mass is 292 g/mol. The molecule has 0 aliphatic rings. The number of carbonyl (C=O) groups is 2. The number of anilines is 1. The van der Waals surface area contributed by atoms with Crippen LogP contribution in [0, 0.1) is 0 Å². The van der Waals surface area contributed by atoms with Crippen molar-refractivity contribution in [3.05, 3.63) is 35.7 Å². The molecule has 2 aromatic rings. The number of benzene rings is 1. The topological polar surface area (TPSA) is 59.1 Å². The fourth-order valence-corrected chi connectivity index (χ4v) is 2.54. The Morgan fingerprint density at radius 3 is 2.74 bits per heavy atom. The highest BCUT2D eigenvalue weighted by molar-refractivity contribution is 8.14. The van der Waals surface area contributed by atoms with E-state index in [2.05, 4.69) is 10.3 Å². The van der Waals surface area contributed by atoms with E-state index in [4.69, 9.17) is 0 Å². The molecule has 0 saturated heterocycles. The zero-order valence-corrected chi connectivity index (χ0v) is 11.9. The number of nitrogens with one attached hydrogen (secondary N) is 1. The van der Waals surface area contributed by atoms with Crippen LogP contribution in [-0.2, 0) is 9.59 Å². The van der Waals surface area contributed by atoms with Crippen molar-refractivity contribution in [2.24, 2.45) is 0 Å². The van der Waals surface area contributed by atoms with E-state index >= 15 is 0 Å². The number of thiazole rings is 1. The average molecular weight is 292 g/mol. The van der Waals surface area contributed by atoms with E-state index in [1.165, 1.54) is 18.3 Å². The molecule has 0 spiro atoms. The molecule has 0 unspecified atom stereocenters. The Morgan fingerprint density at radius 2 is 2.05 bits per heavy atom. The van der Waals surface area contributed by atoms with E-state index in [0.29, 0.717) is 5.13 Å². The van der Waals surface area contributed by atoms with Gasteiger partial charge in [-0.25, -0.2) is 4.98 Å². The van der Waals surface area contributed by atoms with E-state index in [1.54, 1.807) is 0 Å². The molecule has 1 heterocycles. The summed E-state index contributed by atoms with van der Waals surface area (Å²) < 4.78 is 0. The van der Waals surface area contributed by atoms with E-state index < -0.39 is 0 Å². The highest BCUT2D eigenvalue weighted by Gasteiger charge is 2.08. The molecule has 0 atom stereocenters. The Labute approximate surface area is 119 Å². The van der Waals surface area contributed by atoms with Gasteiger partial charge in [-0.3, -0.25) is 9.59 Å². The van der Waals surface area contributed by atoms with Gasteiger partial charge in [-0.2, -0.15) is 0 Å². The largest absolute Gasteiger partial charge is 0.301 e. The maximum absolute atomic E-state index is 11.5. The van der Waals surface area contributed by atoms with Gasteiger partial charge in [0.1, 0.15) is 0 Å². The third-order valence-electron chi connectivity index (χ3n) is 2.23.